The lowest BCUT2D eigenvalue weighted by atomic mass is 10.00. The van der Waals surface area contributed by atoms with Crippen LogP contribution in [0.2, 0.25) is 0 Å². The molecule has 1 heterocycles. The molecule has 6 nitrogen and oxygen atoms in total. The fourth-order valence-electron chi connectivity index (χ4n) is 2.14. The monoisotopic (exact) mass is 330 g/mol. The molecule has 7 heteroatoms. The van der Waals surface area contributed by atoms with Crippen LogP contribution < -0.4 is 11.1 Å². The van der Waals surface area contributed by atoms with Gasteiger partial charge in [0.05, 0.1) is 24.5 Å². The maximum Gasteiger partial charge on any atom is 0.151 e. The number of aliphatic hydroxyl groups excluding tert-OH is 2. The molecule has 0 radical (unpaired) electrons. The molecule has 2 rings (SSSR count). The van der Waals surface area contributed by atoms with Crippen molar-refractivity contribution in [2.45, 2.75) is 5.03 Å². The van der Waals surface area contributed by atoms with Crippen LogP contribution in [-0.2, 0) is 0 Å². The first kappa shape index (κ1) is 17.1. The number of hydrogen-bond donors (Lipinski definition) is 4. The minimum absolute atomic E-state index is 0.0122. The summed E-state index contributed by atoms with van der Waals surface area (Å²) in [4.78, 5) is 4.39. The highest BCUT2D eigenvalue weighted by Gasteiger charge is 2.19. The lowest BCUT2D eigenvalue weighted by Gasteiger charge is -2.16. The largest absolute Gasteiger partial charge is 0.396 e. The van der Waals surface area contributed by atoms with Crippen LogP contribution in [0, 0.1) is 11.3 Å². The van der Waals surface area contributed by atoms with Crippen molar-refractivity contribution in [3.63, 3.8) is 0 Å². The topological polar surface area (TPSA) is 115 Å². The molecular weight excluding hydrogens is 312 g/mol. The predicted octanol–water partition coefficient (Wildman–Crippen LogP) is 1.69. The van der Waals surface area contributed by atoms with Gasteiger partial charge in [0, 0.05) is 17.9 Å². The van der Waals surface area contributed by atoms with Gasteiger partial charge in [-0.3, -0.25) is 0 Å². The number of nitrogens with one attached hydrogen (secondary N) is 1. The summed E-state index contributed by atoms with van der Waals surface area (Å²) in [6.07, 6.45) is 0. The highest BCUT2D eigenvalue weighted by atomic mass is 32.2. The molecule has 0 aliphatic heterocycles. The summed E-state index contributed by atoms with van der Waals surface area (Å²) >= 11 is 1.30. The molecule has 1 aromatic heterocycles. The van der Waals surface area contributed by atoms with Crippen LogP contribution in [0.4, 0.5) is 11.5 Å². The number of thioether (sulfide) groups is 1. The average Bonchev–Trinajstić information content (AvgIpc) is 2.59. The van der Waals surface area contributed by atoms with Crippen LogP contribution in [-0.4, -0.2) is 40.7 Å². The molecule has 2 aromatic rings. The first-order chi connectivity index (χ1) is 11.2. The Morgan fingerprint density at radius 2 is 1.96 bits per heavy atom. The average molecular weight is 330 g/mol. The second-order valence-electron chi connectivity index (χ2n) is 4.63. The molecule has 1 aromatic carbocycles. The summed E-state index contributed by atoms with van der Waals surface area (Å²) in [7, 11) is 0. The number of rotatable bonds is 7. The van der Waals surface area contributed by atoms with Gasteiger partial charge in [0.2, 0.25) is 0 Å². The van der Waals surface area contributed by atoms with Crippen LogP contribution in [0.5, 0.6) is 0 Å². The van der Waals surface area contributed by atoms with Gasteiger partial charge in [-0.05, 0) is 5.56 Å². The molecular formula is C16H18N4O2S. The highest BCUT2D eigenvalue weighted by molar-refractivity contribution is 7.99. The van der Waals surface area contributed by atoms with Crippen LogP contribution in [0.1, 0.15) is 5.56 Å². The van der Waals surface area contributed by atoms with E-state index < -0.39 is 0 Å². The predicted molar refractivity (Wildman–Crippen MR) is 92.2 cm³/mol. The molecule has 0 aliphatic carbocycles. The zero-order valence-corrected chi connectivity index (χ0v) is 13.3. The molecule has 120 valence electrons. The number of hydrogen-bond acceptors (Lipinski definition) is 7. The number of nitrogens with zero attached hydrogens (tertiary/aromatic N) is 2. The van der Waals surface area contributed by atoms with E-state index in [4.69, 9.17) is 15.9 Å². The van der Waals surface area contributed by atoms with E-state index in [9.17, 15) is 5.26 Å². The fraction of sp³-hybridized carbons (Fsp3) is 0.250. The normalized spacial score (nSPS) is 10.3. The Kier molecular flexibility index (Phi) is 6.23. The summed E-state index contributed by atoms with van der Waals surface area (Å²) in [6, 6.07) is 11.6. The molecule has 5 N–H and O–H groups in total. The van der Waals surface area contributed by atoms with Gasteiger partial charge >= 0.3 is 0 Å². The standard InChI is InChI=1S/C16H18N4O2S/c17-10-12-13(11-4-2-1-3-5-11)14(18)15(19-6-7-21)20-16(12)23-9-8-22/h1-5,21-22H,6-9,18H2,(H,19,20). The number of nitriles is 1. The van der Waals surface area contributed by atoms with Crippen molar-refractivity contribution in [2.24, 2.45) is 0 Å². The minimum atomic E-state index is -0.0547. The maximum atomic E-state index is 9.57. The molecule has 0 saturated heterocycles. The van der Waals surface area contributed by atoms with Crippen LogP contribution >= 0.6 is 11.8 Å². The molecule has 0 spiro atoms. The van der Waals surface area contributed by atoms with E-state index in [0.717, 1.165) is 5.56 Å². The number of pyridine rings is 1. The molecule has 0 fully saturated rings. The minimum Gasteiger partial charge on any atom is -0.396 e. The highest BCUT2D eigenvalue weighted by Crippen LogP contribution is 2.38. The SMILES string of the molecule is N#Cc1c(SCCO)nc(NCCO)c(N)c1-c1ccccc1. The van der Waals surface area contributed by atoms with Crippen molar-refractivity contribution >= 4 is 23.3 Å². The van der Waals surface area contributed by atoms with Crippen molar-refractivity contribution in [1.29, 1.82) is 5.26 Å². The van der Waals surface area contributed by atoms with Gasteiger partial charge in [-0.1, -0.05) is 30.3 Å². The Balaban J connectivity index is 2.63. The second-order valence-corrected chi connectivity index (χ2v) is 5.71. The van der Waals surface area contributed by atoms with Gasteiger partial charge in [-0.2, -0.15) is 5.26 Å². The van der Waals surface area contributed by atoms with Crippen molar-refractivity contribution in [3.8, 4) is 17.2 Å². The molecule has 0 saturated carbocycles. The van der Waals surface area contributed by atoms with E-state index in [0.29, 0.717) is 40.0 Å². The first-order valence-corrected chi connectivity index (χ1v) is 8.08. The van der Waals surface area contributed by atoms with E-state index >= 15 is 0 Å². The quantitative estimate of drug-likeness (QED) is 0.571. The Hall–Kier alpha value is -2.27. The van der Waals surface area contributed by atoms with E-state index in [1.54, 1.807) is 0 Å². The number of anilines is 2. The van der Waals surface area contributed by atoms with Crippen LogP contribution in [0.3, 0.4) is 0 Å². The van der Waals surface area contributed by atoms with Gasteiger partial charge in [0.15, 0.2) is 5.82 Å². The second kappa shape index (κ2) is 8.39. The van der Waals surface area contributed by atoms with Crippen molar-refractivity contribution in [2.75, 3.05) is 36.6 Å². The molecule has 0 atom stereocenters. The van der Waals surface area contributed by atoms with Gasteiger partial charge < -0.3 is 21.3 Å². The van der Waals surface area contributed by atoms with Gasteiger partial charge in [-0.25, -0.2) is 4.98 Å². The Bertz CT molecular complexity index is 701. The Morgan fingerprint density at radius 1 is 1.22 bits per heavy atom. The van der Waals surface area contributed by atoms with E-state index in [-0.39, 0.29) is 13.2 Å². The summed E-state index contributed by atoms with van der Waals surface area (Å²) in [6.45, 7) is 0.240. The Morgan fingerprint density at radius 3 is 2.57 bits per heavy atom. The van der Waals surface area contributed by atoms with E-state index in [2.05, 4.69) is 16.4 Å². The van der Waals surface area contributed by atoms with Gasteiger partial charge in [0.25, 0.3) is 0 Å². The zero-order chi connectivity index (χ0) is 16.7. The van der Waals surface area contributed by atoms with Crippen molar-refractivity contribution < 1.29 is 10.2 Å². The van der Waals surface area contributed by atoms with Crippen molar-refractivity contribution in [1.82, 2.24) is 4.98 Å². The third kappa shape index (κ3) is 3.93. The summed E-state index contributed by atoms with van der Waals surface area (Å²) in [5.74, 6) is 0.858. The van der Waals surface area contributed by atoms with Crippen LogP contribution in [0.15, 0.2) is 35.4 Å². The summed E-state index contributed by atoms with van der Waals surface area (Å²) in [5.41, 5.74) is 8.41. The molecule has 0 amide bonds. The Labute approximate surface area is 139 Å². The number of aromatic nitrogens is 1. The summed E-state index contributed by atoms with van der Waals surface area (Å²) in [5, 5.41) is 31.1. The summed E-state index contributed by atoms with van der Waals surface area (Å²) < 4.78 is 0. The van der Waals surface area contributed by atoms with Crippen LogP contribution in [0.25, 0.3) is 11.1 Å². The molecule has 0 unspecified atom stereocenters. The number of nitrogens with two attached hydrogens (primary N) is 1. The van der Waals surface area contributed by atoms with E-state index in [1.165, 1.54) is 11.8 Å². The van der Waals surface area contributed by atoms with Crippen molar-refractivity contribution in [3.05, 3.63) is 35.9 Å². The smallest absolute Gasteiger partial charge is 0.151 e. The molecule has 0 bridgehead atoms. The third-order valence-electron chi connectivity index (χ3n) is 3.11. The molecule has 0 aliphatic rings. The van der Waals surface area contributed by atoms with Gasteiger partial charge in [-0.15, -0.1) is 11.8 Å². The first-order valence-electron chi connectivity index (χ1n) is 7.10. The number of aliphatic hydroxyl groups is 2. The zero-order valence-electron chi connectivity index (χ0n) is 12.5. The molecule has 23 heavy (non-hydrogen) atoms. The fourth-order valence-corrected chi connectivity index (χ4v) is 2.87. The maximum absolute atomic E-state index is 9.57. The third-order valence-corrected chi connectivity index (χ3v) is 4.07. The number of nitrogen functional groups attached to an aromatic ring is 1. The van der Waals surface area contributed by atoms with E-state index in [1.807, 2.05) is 30.3 Å². The van der Waals surface area contributed by atoms with Gasteiger partial charge in [0.1, 0.15) is 11.1 Å². The number of benzene rings is 1. The lowest BCUT2D eigenvalue weighted by Crippen LogP contribution is -2.12. The lowest BCUT2D eigenvalue weighted by molar-refractivity contribution is 0.311.